The van der Waals surface area contributed by atoms with E-state index in [4.69, 9.17) is 29.8 Å². The standard InChI is InChI=1S/C24H20N6O.C24H26N6O.C23H18FN7.C22H18N8/c1-16-13-20(24(31)27-14-16)22-28-23(26-15-18-9-5-6-11-25-18)21-19(10-12-30(21)29-22)17-7-3-2-4-8-17;1-18-15-20(17-25-16-18)23-27-24(26-8-10-29-11-13-31-14-12-29)22-21(7-9-30(22)28-23)19-5-3-2-4-6-19;1-15-10-16(12-26-11-15)22-29-23(28-14-17-13-25-7-8-27-17)21-19(6-9-31(21)30-22)18-4-2-3-5-20(18)24;1-15-11-24-14-19(27-15)21-28-22(26-13-17-12-23-8-9-25-17)20-18(7-10-30(20)29-21)16-5-3-2-4-6-16/h2-14H,15H2,1H3,(H,27,31)(H,26,28,29);2-7,9,15-17H,8,10-14H2,1H3,(H,26,27,28);2-13H,14H2,1H3,(H,28,29,30);2-12,14H,13H2,1H3,(H,26,28,29). The topological polar surface area (TPSA) is 330 Å². The van der Waals surface area contributed by atoms with Gasteiger partial charge in [0.25, 0.3) is 5.56 Å². The highest BCUT2D eigenvalue weighted by atomic mass is 19.1. The highest BCUT2D eigenvalue weighted by Crippen LogP contribution is 2.37. The molecule has 1 aliphatic heterocycles. The smallest absolute Gasteiger partial charge is 0.259 e. The lowest BCUT2D eigenvalue weighted by Gasteiger charge is -2.26. The van der Waals surface area contributed by atoms with E-state index < -0.39 is 0 Å². The number of benzene rings is 4. The zero-order chi connectivity index (χ0) is 83.8. The van der Waals surface area contributed by atoms with Crippen molar-refractivity contribution in [1.29, 1.82) is 0 Å². The van der Waals surface area contributed by atoms with Crippen LogP contribution >= 0.6 is 0 Å². The first kappa shape index (κ1) is 79.5. The first-order valence-electron chi connectivity index (χ1n) is 39.9. The maximum absolute atomic E-state index is 14.6. The number of aromatic amines is 1. The Hall–Kier alpha value is -16.0. The number of nitrogens with one attached hydrogen (secondary N) is 5. The molecule has 19 aromatic rings. The van der Waals surface area contributed by atoms with Crippen molar-refractivity contribution in [1.82, 2.24) is 113 Å². The van der Waals surface area contributed by atoms with Gasteiger partial charge in [0.15, 0.2) is 40.7 Å². The number of fused-ring (bicyclic) bond motifs is 4. The van der Waals surface area contributed by atoms with Crippen LogP contribution in [0.25, 0.3) is 112 Å². The van der Waals surface area contributed by atoms with Gasteiger partial charge in [-0.15, -0.1) is 20.4 Å². The fraction of sp³-hybridized carbons (Fsp3) is 0.140. The van der Waals surface area contributed by atoms with E-state index in [1.165, 1.54) is 6.07 Å². The quantitative estimate of drug-likeness (QED) is 0.0446. The Morgan fingerprint density at radius 1 is 0.382 bits per heavy atom. The fourth-order valence-electron chi connectivity index (χ4n) is 14.2. The highest BCUT2D eigenvalue weighted by molar-refractivity contribution is 5.92. The molecule has 15 aromatic heterocycles. The molecule has 608 valence electrons. The Morgan fingerprint density at radius 2 is 0.837 bits per heavy atom. The summed E-state index contributed by atoms with van der Waals surface area (Å²) in [5.41, 5.74) is 19.9. The van der Waals surface area contributed by atoms with Crippen molar-refractivity contribution >= 4 is 45.3 Å². The number of hydrogen-bond acceptors (Lipinski definition) is 24. The second-order valence-electron chi connectivity index (χ2n) is 28.9. The molecule has 1 aliphatic rings. The highest BCUT2D eigenvalue weighted by Gasteiger charge is 2.23. The summed E-state index contributed by atoms with van der Waals surface area (Å²) in [4.78, 5) is 75.4. The molecule has 16 heterocycles. The molecule has 123 heavy (non-hydrogen) atoms. The van der Waals surface area contributed by atoms with Crippen molar-refractivity contribution in [2.75, 3.05) is 60.7 Å². The van der Waals surface area contributed by atoms with Gasteiger partial charge in [-0.1, -0.05) is 115 Å². The van der Waals surface area contributed by atoms with Crippen molar-refractivity contribution in [3.8, 4) is 90.2 Å². The SMILES string of the molecule is Cc1c[nH]c(=O)c(-c2nc(NCc3ccccn3)c3c(-c4ccccc4)ccn3n2)c1.Cc1cncc(-c2nc(NCCN3CCOCC3)c3c(-c4ccccc4)ccn3n2)c1.Cc1cncc(-c2nc(NCc3cnccn3)c3c(-c4ccccc4)ccn3n2)n1.Cc1cncc(-c2nc(NCc3cnccn3)c3c(-c4ccccc4F)ccn3n2)c1. The van der Waals surface area contributed by atoms with Crippen LogP contribution in [0.5, 0.6) is 0 Å². The molecular formula is C93H82FN27O2. The Labute approximate surface area is 705 Å². The predicted molar refractivity (Wildman–Crippen MR) is 472 cm³/mol. The number of H-pyrrole nitrogens is 1. The van der Waals surface area contributed by atoms with Crippen LogP contribution < -0.4 is 26.8 Å². The molecular weight excluding hydrogens is 1550 g/mol. The Morgan fingerprint density at radius 3 is 1.34 bits per heavy atom. The van der Waals surface area contributed by atoms with Crippen molar-refractivity contribution < 1.29 is 9.13 Å². The van der Waals surface area contributed by atoms with Crippen molar-refractivity contribution in [3.63, 3.8) is 0 Å². The van der Waals surface area contributed by atoms with E-state index in [1.54, 1.807) is 108 Å². The molecule has 0 unspecified atom stereocenters. The lowest BCUT2D eigenvalue weighted by atomic mass is 10.1. The molecule has 0 spiro atoms. The summed E-state index contributed by atoms with van der Waals surface area (Å²) in [5, 5.41) is 32.5. The van der Waals surface area contributed by atoms with E-state index in [2.05, 4.69) is 152 Å². The van der Waals surface area contributed by atoms with Crippen LogP contribution in [-0.4, -0.2) is 153 Å². The summed E-state index contributed by atoms with van der Waals surface area (Å²) in [5.74, 6) is 4.46. The number of aromatic nitrogens is 22. The maximum atomic E-state index is 14.6. The van der Waals surface area contributed by atoms with Crippen LogP contribution in [0.4, 0.5) is 27.7 Å². The lowest BCUT2D eigenvalue weighted by Crippen LogP contribution is -2.39. The van der Waals surface area contributed by atoms with Crippen LogP contribution in [0.3, 0.4) is 0 Å². The maximum Gasteiger partial charge on any atom is 0.259 e. The lowest BCUT2D eigenvalue weighted by molar-refractivity contribution is 0.0398. The van der Waals surface area contributed by atoms with E-state index in [9.17, 15) is 9.18 Å². The number of hydrogen-bond donors (Lipinski definition) is 5. The van der Waals surface area contributed by atoms with Crippen LogP contribution in [0, 0.1) is 33.5 Å². The number of ether oxygens (including phenoxy) is 1. The third-order valence-corrected chi connectivity index (χ3v) is 20.1. The number of aryl methyl sites for hydroxylation is 4. The van der Waals surface area contributed by atoms with Crippen molar-refractivity contribution in [2.24, 2.45) is 0 Å². The fourth-order valence-corrected chi connectivity index (χ4v) is 14.2. The van der Waals surface area contributed by atoms with Gasteiger partial charge in [-0.3, -0.25) is 49.6 Å². The molecule has 0 radical (unpaired) electrons. The molecule has 0 amide bonds. The van der Waals surface area contributed by atoms with E-state index in [-0.39, 0.29) is 11.4 Å². The molecule has 1 saturated heterocycles. The van der Waals surface area contributed by atoms with Gasteiger partial charge < -0.3 is 31.0 Å². The Kier molecular flexibility index (Phi) is 24.1. The molecule has 1 fully saturated rings. The average molecular weight is 1630 g/mol. The van der Waals surface area contributed by atoms with E-state index in [0.29, 0.717) is 88.3 Å². The summed E-state index contributed by atoms with van der Waals surface area (Å²) in [6.07, 6.45) is 31.6. The van der Waals surface area contributed by atoms with Gasteiger partial charge in [0, 0.05) is 158 Å². The zero-order valence-corrected chi connectivity index (χ0v) is 67.5. The number of rotatable bonds is 21. The molecule has 0 aliphatic carbocycles. The molecule has 30 heteroatoms. The first-order chi connectivity index (χ1) is 60.4. The largest absolute Gasteiger partial charge is 0.379 e. The van der Waals surface area contributed by atoms with E-state index >= 15 is 0 Å². The second kappa shape index (κ2) is 37.3. The molecule has 29 nitrogen and oxygen atoms in total. The van der Waals surface area contributed by atoms with Gasteiger partial charge in [0.05, 0.1) is 79.8 Å². The van der Waals surface area contributed by atoms with E-state index in [0.717, 1.165) is 146 Å². The van der Waals surface area contributed by atoms with Crippen LogP contribution in [0.2, 0.25) is 0 Å². The summed E-state index contributed by atoms with van der Waals surface area (Å²) < 4.78 is 27.2. The van der Waals surface area contributed by atoms with Gasteiger partial charge in [-0.2, -0.15) is 0 Å². The minimum absolute atomic E-state index is 0.226. The zero-order valence-electron chi connectivity index (χ0n) is 67.5. The summed E-state index contributed by atoms with van der Waals surface area (Å²) >= 11 is 0. The minimum Gasteiger partial charge on any atom is -0.379 e. The van der Waals surface area contributed by atoms with Gasteiger partial charge in [0.2, 0.25) is 5.82 Å². The van der Waals surface area contributed by atoms with Gasteiger partial charge >= 0.3 is 0 Å². The van der Waals surface area contributed by atoms with Crippen LogP contribution in [0.15, 0.2) is 292 Å². The van der Waals surface area contributed by atoms with Crippen molar-refractivity contribution in [2.45, 2.75) is 47.3 Å². The number of morpholine rings is 1. The number of pyridine rings is 4. The molecule has 0 bridgehead atoms. The van der Waals surface area contributed by atoms with E-state index in [1.807, 2.05) is 159 Å². The molecule has 5 N–H and O–H groups in total. The van der Waals surface area contributed by atoms with Gasteiger partial charge in [-0.05, 0) is 122 Å². The van der Waals surface area contributed by atoms with Gasteiger partial charge in [-0.25, -0.2) is 47.4 Å². The predicted octanol–water partition coefficient (Wildman–Crippen LogP) is 15.4. The van der Waals surface area contributed by atoms with Crippen LogP contribution in [-0.2, 0) is 24.4 Å². The third kappa shape index (κ3) is 18.8. The Bertz CT molecular complexity index is 6890. The molecule has 0 atom stereocenters. The van der Waals surface area contributed by atoms with Crippen LogP contribution in [0.1, 0.15) is 39.5 Å². The first-order valence-corrected chi connectivity index (χ1v) is 39.9. The normalized spacial score (nSPS) is 11.9. The summed E-state index contributed by atoms with van der Waals surface area (Å²) in [6.45, 7) is 14.5. The van der Waals surface area contributed by atoms with Gasteiger partial charge in [0.1, 0.15) is 33.6 Å². The monoisotopic (exact) mass is 1630 g/mol. The average Bonchev–Trinajstić information content (AvgIpc) is 1.67. The molecule has 4 aromatic carbocycles. The number of halogens is 1. The minimum atomic E-state index is -0.303. The number of nitrogens with zero attached hydrogens (tertiary/aromatic N) is 22. The second-order valence-corrected chi connectivity index (χ2v) is 28.9. The van der Waals surface area contributed by atoms with Crippen molar-refractivity contribution in [3.05, 3.63) is 343 Å². The summed E-state index contributed by atoms with van der Waals surface area (Å²) in [6, 6.07) is 56.9. The summed E-state index contributed by atoms with van der Waals surface area (Å²) in [7, 11) is 0. The third-order valence-electron chi connectivity index (χ3n) is 20.1. The molecule has 20 rings (SSSR count). The Balaban J connectivity index is 0.000000116. The number of anilines is 4. The molecule has 0 saturated carbocycles.